The fourth-order valence-electron chi connectivity index (χ4n) is 7.80. The van der Waals surface area contributed by atoms with Crippen molar-refractivity contribution in [3.05, 3.63) is 176 Å². The van der Waals surface area contributed by atoms with Crippen LogP contribution in [-0.4, -0.2) is 22.0 Å². The molecule has 0 aliphatic carbocycles. The second-order valence-corrected chi connectivity index (χ2v) is 16.2. The van der Waals surface area contributed by atoms with E-state index in [0.29, 0.717) is 0 Å². The van der Waals surface area contributed by atoms with Gasteiger partial charge in [-0.25, -0.2) is 4.98 Å². The van der Waals surface area contributed by atoms with E-state index in [0.717, 1.165) is 55.5 Å². The summed E-state index contributed by atoms with van der Waals surface area (Å²) in [4.78, 5) is 5.17. The summed E-state index contributed by atoms with van der Waals surface area (Å²) in [6, 6.07) is 63.5. The Morgan fingerprint density at radius 2 is 1.04 bits per heavy atom. The van der Waals surface area contributed by atoms with Crippen LogP contribution >= 0.6 is 0 Å². The number of benzene rings is 7. The lowest BCUT2D eigenvalue weighted by molar-refractivity contribution is 0.669. The maximum absolute atomic E-state index is 6.52. The van der Waals surface area contributed by atoms with Crippen molar-refractivity contribution >= 4 is 78.6 Å². The van der Waals surface area contributed by atoms with Gasteiger partial charge in [-0.15, -0.1) is 0 Å². The third kappa shape index (κ3) is 3.79. The highest BCUT2D eigenvalue weighted by atomic mass is 28.3. The van der Waals surface area contributed by atoms with E-state index >= 15 is 0 Å². The Bertz CT molecular complexity index is 2740. The highest BCUT2D eigenvalue weighted by Gasteiger charge is 2.42. The van der Waals surface area contributed by atoms with Gasteiger partial charge in [-0.2, -0.15) is 0 Å². The number of imidazole rings is 2. The largest absolute Gasteiger partial charge is 0.456 e. The molecule has 3 aromatic heterocycles. The van der Waals surface area contributed by atoms with Crippen LogP contribution in [0.25, 0.3) is 55.5 Å². The van der Waals surface area contributed by atoms with Crippen molar-refractivity contribution in [1.29, 1.82) is 0 Å². The molecule has 3 heterocycles. The van der Waals surface area contributed by atoms with Crippen LogP contribution in [0.15, 0.2) is 180 Å². The van der Waals surface area contributed by atoms with Gasteiger partial charge in [-0.05, 0) is 69.3 Å². The molecule has 0 fully saturated rings. The third-order valence-corrected chi connectivity index (χ3v) is 14.6. The number of nitrogens with zero attached hydrogens (tertiary/aromatic N) is 3. The third-order valence-electron chi connectivity index (χ3n) is 9.87. The average molecular weight is 632 g/mol. The SMILES string of the molecule is c1ccc(-n2c3ccc([Si](c4ccccc4)(c4ccccc4)c4ccc5c(c4)oc4ccccc45)cc3n3c4ccccc4nc23)cc1. The molecular formula is C43H29N3OSi. The first-order valence-electron chi connectivity index (χ1n) is 16.3. The smallest absolute Gasteiger partial charge is 0.220 e. The van der Waals surface area contributed by atoms with E-state index < -0.39 is 8.07 Å². The normalized spacial score (nSPS) is 12.2. The topological polar surface area (TPSA) is 35.4 Å². The van der Waals surface area contributed by atoms with E-state index in [4.69, 9.17) is 9.40 Å². The van der Waals surface area contributed by atoms with Crippen LogP contribution in [0.4, 0.5) is 0 Å². The lowest BCUT2D eigenvalue weighted by atomic mass is 10.1. The minimum Gasteiger partial charge on any atom is -0.456 e. The van der Waals surface area contributed by atoms with Crippen molar-refractivity contribution in [2.24, 2.45) is 0 Å². The molecule has 0 aliphatic heterocycles. The van der Waals surface area contributed by atoms with Crippen LogP contribution in [0, 0.1) is 0 Å². The molecule has 0 bridgehead atoms. The van der Waals surface area contributed by atoms with Crippen molar-refractivity contribution in [3.63, 3.8) is 0 Å². The van der Waals surface area contributed by atoms with Crippen LogP contribution < -0.4 is 20.7 Å². The molecule has 7 aromatic carbocycles. The fraction of sp³-hybridized carbons (Fsp3) is 0. The van der Waals surface area contributed by atoms with Crippen molar-refractivity contribution in [3.8, 4) is 5.69 Å². The van der Waals surface area contributed by atoms with E-state index in [-0.39, 0.29) is 0 Å². The Hall–Kier alpha value is -6.17. The van der Waals surface area contributed by atoms with Gasteiger partial charge >= 0.3 is 0 Å². The summed E-state index contributed by atoms with van der Waals surface area (Å²) in [6.07, 6.45) is 0. The molecule has 0 radical (unpaired) electrons. The fourth-order valence-corrected chi connectivity index (χ4v) is 12.6. The molecular weight excluding hydrogens is 603 g/mol. The Balaban J connectivity index is 1.35. The zero-order chi connectivity index (χ0) is 31.7. The molecule has 10 aromatic rings. The molecule has 4 nitrogen and oxygen atoms in total. The van der Waals surface area contributed by atoms with Gasteiger partial charge in [0.2, 0.25) is 5.78 Å². The predicted octanol–water partition coefficient (Wildman–Crippen LogP) is 7.71. The first-order valence-corrected chi connectivity index (χ1v) is 18.3. The maximum atomic E-state index is 6.52. The van der Waals surface area contributed by atoms with Crippen molar-refractivity contribution in [2.45, 2.75) is 0 Å². The number of furan rings is 1. The van der Waals surface area contributed by atoms with Crippen LogP contribution in [0.2, 0.25) is 0 Å². The summed E-state index contributed by atoms with van der Waals surface area (Å²) in [5, 5.41) is 7.50. The molecule has 5 heteroatoms. The lowest BCUT2D eigenvalue weighted by Gasteiger charge is -2.34. The van der Waals surface area contributed by atoms with E-state index in [9.17, 15) is 0 Å². The van der Waals surface area contributed by atoms with Gasteiger partial charge in [0.25, 0.3) is 0 Å². The molecule has 0 N–H and O–H groups in total. The maximum Gasteiger partial charge on any atom is 0.220 e. The number of para-hydroxylation sites is 4. The second kappa shape index (κ2) is 10.4. The highest BCUT2D eigenvalue weighted by Crippen LogP contribution is 2.31. The first kappa shape index (κ1) is 27.0. The number of hydrogen-bond donors (Lipinski definition) is 0. The molecule has 0 amide bonds. The standard InChI is InChI=1S/C43H29N3OSi/c1-4-14-30(15-5-1)45-39-27-25-33(28-40(39)46-38-22-12-11-21-37(38)44-43(45)46)48(31-16-6-2-7-17-31,32-18-8-3-9-19-32)34-24-26-36-35-20-10-13-23-41(35)47-42(36)29-34/h1-29H. The van der Waals surface area contributed by atoms with Gasteiger partial charge in [0.1, 0.15) is 11.2 Å². The summed E-state index contributed by atoms with van der Waals surface area (Å²) in [6.45, 7) is 0. The molecule has 10 rings (SSSR count). The second-order valence-electron chi connectivity index (χ2n) is 12.4. The summed E-state index contributed by atoms with van der Waals surface area (Å²) < 4.78 is 11.1. The zero-order valence-corrected chi connectivity index (χ0v) is 27.0. The van der Waals surface area contributed by atoms with Gasteiger partial charge in [-0.1, -0.05) is 127 Å². The Morgan fingerprint density at radius 3 is 1.81 bits per heavy atom. The van der Waals surface area contributed by atoms with E-state index in [1.807, 2.05) is 6.07 Å². The number of rotatable bonds is 5. The average Bonchev–Trinajstić information content (AvgIpc) is 3.81. The molecule has 0 aliphatic rings. The summed E-state index contributed by atoms with van der Waals surface area (Å²) in [5.41, 5.74) is 7.24. The van der Waals surface area contributed by atoms with E-state index in [1.54, 1.807) is 0 Å². The van der Waals surface area contributed by atoms with Crippen LogP contribution in [-0.2, 0) is 0 Å². The minimum atomic E-state index is -2.89. The van der Waals surface area contributed by atoms with Gasteiger partial charge in [0.15, 0.2) is 8.07 Å². The molecule has 226 valence electrons. The van der Waals surface area contributed by atoms with Crippen molar-refractivity contribution in [1.82, 2.24) is 14.0 Å². The van der Waals surface area contributed by atoms with Gasteiger partial charge < -0.3 is 4.42 Å². The Kier molecular flexibility index (Phi) is 5.86. The van der Waals surface area contributed by atoms with E-state index in [1.165, 1.54) is 20.7 Å². The summed E-state index contributed by atoms with van der Waals surface area (Å²) in [7, 11) is -2.89. The van der Waals surface area contributed by atoms with Crippen molar-refractivity contribution < 1.29 is 4.42 Å². The monoisotopic (exact) mass is 631 g/mol. The highest BCUT2D eigenvalue weighted by molar-refractivity contribution is 7.20. The molecule has 0 atom stereocenters. The first-order chi connectivity index (χ1) is 23.8. The molecule has 0 saturated heterocycles. The van der Waals surface area contributed by atoms with E-state index in [2.05, 4.69) is 179 Å². The molecule has 0 saturated carbocycles. The number of hydrogen-bond acceptors (Lipinski definition) is 2. The Morgan fingerprint density at radius 1 is 0.438 bits per heavy atom. The van der Waals surface area contributed by atoms with Gasteiger partial charge in [-0.3, -0.25) is 8.97 Å². The van der Waals surface area contributed by atoms with Crippen LogP contribution in [0.1, 0.15) is 0 Å². The van der Waals surface area contributed by atoms with Crippen molar-refractivity contribution in [2.75, 3.05) is 0 Å². The quantitative estimate of drug-likeness (QED) is 0.144. The predicted molar refractivity (Wildman–Crippen MR) is 200 cm³/mol. The summed E-state index contributed by atoms with van der Waals surface area (Å²) in [5.74, 6) is 0.907. The lowest BCUT2D eigenvalue weighted by Crippen LogP contribution is -2.74. The van der Waals surface area contributed by atoms with Crippen LogP contribution in [0.3, 0.4) is 0 Å². The van der Waals surface area contributed by atoms with Crippen LogP contribution in [0.5, 0.6) is 0 Å². The van der Waals surface area contributed by atoms with Gasteiger partial charge in [0, 0.05) is 16.5 Å². The van der Waals surface area contributed by atoms with Gasteiger partial charge in [0.05, 0.1) is 22.1 Å². The molecule has 0 unspecified atom stereocenters. The summed E-state index contributed by atoms with van der Waals surface area (Å²) >= 11 is 0. The molecule has 48 heavy (non-hydrogen) atoms. The minimum absolute atomic E-state index is 0.907. The number of fused-ring (bicyclic) bond motifs is 8. The Labute approximate surface area is 277 Å². The number of aromatic nitrogens is 3. The molecule has 0 spiro atoms. The zero-order valence-electron chi connectivity index (χ0n) is 26.0.